The van der Waals surface area contributed by atoms with E-state index < -0.39 is 0 Å². The number of carbonyl (C=O) groups is 1. The van der Waals surface area contributed by atoms with Crippen LogP contribution >= 0.6 is 0 Å². The molecule has 0 aromatic rings. The van der Waals surface area contributed by atoms with Gasteiger partial charge in [0, 0.05) is 5.92 Å². The van der Waals surface area contributed by atoms with E-state index in [-0.39, 0.29) is 0 Å². The maximum atomic E-state index is 11.8. The monoisotopic (exact) mass is 188 g/mol. The maximum Gasteiger partial charge on any atom is 0.159 e. The van der Waals surface area contributed by atoms with Crippen LogP contribution in [0.25, 0.3) is 0 Å². The van der Waals surface area contributed by atoms with Crippen molar-refractivity contribution >= 4 is 5.78 Å². The Labute approximate surface area is 84.9 Å². The van der Waals surface area contributed by atoms with Gasteiger partial charge in [0.05, 0.1) is 0 Å². The normalized spacial score (nSPS) is 47.5. The lowest BCUT2D eigenvalue weighted by Gasteiger charge is -2.30. The van der Waals surface area contributed by atoms with Crippen molar-refractivity contribution in [2.75, 3.05) is 0 Å². The largest absolute Gasteiger partial charge is 0.295 e. The van der Waals surface area contributed by atoms with E-state index in [1.807, 2.05) is 6.08 Å². The minimum Gasteiger partial charge on any atom is -0.295 e. The van der Waals surface area contributed by atoms with Crippen LogP contribution in [0.2, 0.25) is 0 Å². The van der Waals surface area contributed by atoms with Gasteiger partial charge in [-0.1, -0.05) is 17.7 Å². The Bertz CT molecular complexity index is 337. The van der Waals surface area contributed by atoms with Crippen molar-refractivity contribution in [3.8, 4) is 0 Å². The average Bonchev–Trinajstić information content (AvgIpc) is 2.73. The number of hydrogen-bond acceptors (Lipinski definition) is 1. The lowest BCUT2D eigenvalue weighted by molar-refractivity contribution is -0.121. The Morgan fingerprint density at radius 2 is 2.14 bits per heavy atom. The van der Waals surface area contributed by atoms with Crippen LogP contribution in [0.15, 0.2) is 23.8 Å². The zero-order chi connectivity index (χ0) is 9.71. The second-order valence-electron chi connectivity index (χ2n) is 4.81. The Kier molecular flexibility index (Phi) is 1.70. The summed E-state index contributed by atoms with van der Waals surface area (Å²) in [6.07, 6.45) is 9.88. The van der Waals surface area contributed by atoms with E-state index in [1.165, 1.54) is 12.8 Å². The van der Waals surface area contributed by atoms with E-state index in [0.717, 1.165) is 12.3 Å². The van der Waals surface area contributed by atoms with Crippen molar-refractivity contribution in [1.82, 2.24) is 0 Å². The second kappa shape index (κ2) is 2.82. The topological polar surface area (TPSA) is 17.1 Å². The van der Waals surface area contributed by atoms with Gasteiger partial charge in [-0.05, 0) is 50.0 Å². The summed E-state index contributed by atoms with van der Waals surface area (Å²) in [5.74, 6) is 2.74. The summed E-state index contributed by atoms with van der Waals surface area (Å²) in [6.45, 7) is 2.13. The molecule has 0 spiro atoms. The summed E-state index contributed by atoms with van der Waals surface area (Å²) in [5, 5.41) is 0. The molecule has 4 unspecified atom stereocenters. The van der Waals surface area contributed by atoms with Gasteiger partial charge >= 0.3 is 0 Å². The minimum atomic E-state index is 0.352. The standard InChI is InChI=1S/C13H16O/c1-2-8-9-6-7-11(8)13-10(9)4-3-5-12(13)14/h2-3,5,9-11,13H,4,6-7H2,1H3/b8-2+. The first kappa shape index (κ1) is 8.46. The second-order valence-corrected chi connectivity index (χ2v) is 4.81. The van der Waals surface area contributed by atoms with Crippen molar-refractivity contribution in [2.45, 2.75) is 26.2 Å². The average molecular weight is 188 g/mol. The fourth-order valence-electron chi connectivity index (χ4n) is 3.97. The van der Waals surface area contributed by atoms with Crippen LogP contribution in [-0.2, 0) is 4.79 Å². The van der Waals surface area contributed by atoms with Crippen LogP contribution in [0.5, 0.6) is 0 Å². The summed E-state index contributed by atoms with van der Waals surface area (Å²) < 4.78 is 0. The number of rotatable bonds is 0. The summed E-state index contributed by atoms with van der Waals surface area (Å²) >= 11 is 0. The number of hydrogen-bond donors (Lipinski definition) is 0. The molecule has 2 saturated carbocycles. The Morgan fingerprint density at radius 1 is 1.36 bits per heavy atom. The molecule has 4 atom stereocenters. The first-order chi connectivity index (χ1) is 6.83. The quantitative estimate of drug-likeness (QED) is 0.534. The molecule has 0 heterocycles. The van der Waals surface area contributed by atoms with Crippen molar-refractivity contribution in [1.29, 1.82) is 0 Å². The first-order valence-corrected chi connectivity index (χ1v) is 5.69. The van der Waals surface area contributed by atoms with Gasteiger partial charge in [0.1, 0.15) is 0 Å². The summed E-state index contributed by atoms with van der Waals surface area (Å²) in [6, 6.07) is 0. The molecule has 2 bridgehead atoms. The molecule has 1 nitrogen and oxygen atoms in total. The third-order valence-electron chi connectivity index (χ3n) is 4.41. The Hall–Kier alpha value is -0.850. The lowest BCUT2D eigenvalue weighted by Crippen LogP contribution is -2.30. The van der Waals surface area contributed by atoms with Crippen molar-refractivity contribution in [2.24, 2.45) is 23.7 Å². The molecule has 1 heteroatoms. The highest BCUT2D eigenvalue weighted by Crippen LogP contribution is 2.58. The van der Waals surface area contributed by atoms with Gasteiger partial charge in [-0.3, -0.25) is 4.79 Å². The van der Waals surface area contributed by atoms with E-state index in [0.29, 0.717) is 23.5 Å². The molecular formula is C13H16O. The van der Waals surface area contributed by atoms with Gasteiger partial charge in [0.15, 0.2) is 5.78 Å². The van der Waals surface area contributed by atoms with Gasteiger partial charge in [0.25, 0.3) is 0 Å². The van der Waals surface area contributed by atoms with Gasteiger partial charge in [-0.25, -0.2) is 0 Å². The van der Waals surface area contributed by atoms with Crippen molar-refractivity contribution in [3.05, 3.63) is 23.8 Å². The molecule has 3 aliphatic carbocycles. The Balaban J connectivity index is 2.03. The fourth-order valence-corrected chi connectivity index (χ4v) is 3.97. The van der Waals surface area contributed by atoms with Gasteiger partial charge in [0.2, 0.25) is 0 Å². The van der Waals surface area contributed by atoms with Crippen molar-refractivity contribution in [3.63, 3.8) is 0 Å². The van der Waals surface area contributed by atoms with Gasteiger partial charge < -0.3 is 0 Å². The van der Waals surface area contributed by atoms with E-state index in [9.17, 15) is 4.79 Å². The molecular weight excluding hydrogens is 172 g/mol. The lowest BCUT2D eigenvalue weighted by atomic mass is 9.73. The van der Waals surface area contributed by atoms with Crippen LogP contribution in [0.4, 0.5) is 0 Å². The van der Waals surface area contributed by atoms with E-state index in [1.54, 1.807) is 5.57 Å². The summed E-state index contributed by atoms with van der Waals surface area (Å²) in [4.78, 5) is 11.8. The number of allylic oxidation sites excluding steroid dienone is 4. The smallest absolute Gasteiger partial charge is 0.159 e. The molecule has 0 aliphatic heterocycles. The van der Waals surface area contributed by atoms with Crippen LogP contribution < -0.4 is 0 Å². The molecule has 2 fully saturated rings. The summed E-state index contributed by atoms with van der Waals surface area (Å²) in [7, 11) is 0. The van der Waals surface area contributed by atoms with Crippen LogP contribution in [-0.4, -0.2) is 5.78 Å². The van der Waals surface area contributed by atoms with Gasteiger partial charge in [-0.2, -0.15) is 0 Å². The molecule has 0 amide bonds. The molecule has 0 radical (unpaired) electrons. The highest BCUT2D eigenvalue weighted by molar-refractivity contribution is 5.94. The number of fused-ring (bicyclic) bond motifs is 5. The molecule has 0 aromatic carbocycles. The summed E-state index contributed by atoms with van der Waals surface area (Å²) in [5.41, 5.74) is 1.59. The third-order valence-corrected chi connectivity index (χ3v) is 4.41. The SMILES string of the molecule is C/C=C1\C2CCC1C1C(=O)C=CCC21. The van der Waals surface area contributed by atoms with E-state index in [4.69, 9.17) is 0 Å². The number of ketones is 1. The first-order valence-electron chi connectivity index (χ1n) is 5.69. The molecule has 14 heavy (non-hydrogen) atoms. The maximum absolute atomic E-state index is 11.8. The van der Waals surface area contributed by atoms with E-state index >= 15 is 0 Å². The third kappa shape index (κ3) is 0.879. The molecule has 74 valence electrons. The van der Waals surface area contributed by atoms with Crippen molar-refractivity contribution < 1.29 is 4.79 Å². The predicted molar refractivity (Wildman–Crippen MR) is 55.7 cm³/mol. The predicted octanol–water partition coefficient (Wildman–Crippen LogP) is 2.73. The fraction of sp³-hybridized carbons (Fsp3) is 0.615. The minimum absolute atomic E-state index is 0.352. The zero-order valence-electron chi connectivity index (χ0n) is 8.57. The molecule has 0 saturated heterocycles. The Morgan fingerprint density at radius 3 is 2.86 bits per heavy atom. The van der Waals surface area contributed by atoms with Crippen LogP contribution in [0.1, 0.15) is 26.2 Å². The zero-order valence-corrected chi connectivity index (χ0v) is 8.57. The highest BCUT2D eigenvalue weighted by atomic mass is 16.1. The molecule has 0 N–H and O–H groups in total. The van der Waals surface area contributed by atoms with Crippen LogP contribution in [0, 0.1) is 23.7 Å². The van der Waals surface area contributed by atoms with E-state index in [2.05, 4.69) is 19.1 Å². The molecule has 3 rings (SSSR count). The number of carbonyl (C=O) groups excluding carboxylic acids is 1. The molecule has 0 aromatic heterocycles. The highest BCUT2D eigenvalue weighted by Gasteiger charge is 2.53. The van der Waals surface area contributed by atoms with Crippen LogP contribution in [0.3, 0.4) is 0 Å². The van der Waals surface area contributed by atoms with Gasteiger partial charge in [-0.15, -0.1) is 0 Å². The molecule has 3 aliphatic rings.